The van der Waals surface area contributed by atoms with Crippen LogP contribution in [0.2, 0.25) is 0 Å². The normalized spacial score (nSPS) is 39.5. The Morgan fingerprint density at radius 3 is 1.83 bits per heavy atom. The predicted octanol–water partition coefficient (Wildman–Crippen LogP) is -0.240. The molecule has 0 spiro atoms. The minimum Gasteiger partial charge on any atom is -0.356 e. The first-order valence-corrected chi connectivity index (χ1v) is 2.63. The van der Waals surface area contributed by atoms with E-state index in [1.165, 1.54) is 0 Å². The third-order valence-corrected chi connectivity index (χ3v) is 1.95. The smallest absolute Gasteiger partial charge is 0.225 e. The second-order valence-corrected chi connectivity index (χ2v) is 2.96. The molecule has 36 valence electrons. The molecule has 6 heavy (non-hydrogen) atoms. The minimum absolute atomic E-state index is 0.0255. The van der Waals surface area contributed by atoms with Crippen LogP contribution in [0, 0.1) is 0 Å². The van der Waals surface area contributed by atoms with Crippen molar-refractivity contribution in [2.75, 3.05) is 0 Å². The maximum Gasteiger partial charge on any atom is 0.225 e. The van der Waals surface area contributed by atoms with Crippen LogP contribution in [0.1, 0.15) is 6.92 Å². The van der Waals surface area contributed by atoms with Crippen molar-refractivity contribution in [3.8, 4) is 0 Å². The summed E-state index contributed by atoms with van der Waals surface area (Å²) in [6.07, 6.45) is 0. The molecule has 1 atom stereocenters. The maximum absolute atomic E-state index is 8.42. The summed E-state index contributed by atoms with van der Waals surface area (Å²) in [5.74, 6) is 0. The molecule has 1 rings (SSSR count). The van der Waals surface area contributed by atoms with Crippen LogP contribution in [-0.2, 0) is 0 Å². The van der Waals surface area contributed by atoms with E-state index in [9.17, 15) is 0 Å². The molecule has 0 bridgehead atoms. The standard InChI is InChI=1S/C3H6O2S/c1-2-3(4,5)6-2/h2,4-5H,1H3. The highest BCUT2D eigenvalue weighted by molar-refractivity contribution is 8.08. The number of hydrogen-bond donors (Lipinski definition) is 2. The van der Waals surface area contributed by atoms with E-state index >= 15 is 0 Å². The second-order valence-electron chi connectivity index (χ2n) is 1.42. The van der Waals surface area contributed by atoms with Gasteiger partial charge < -0.3 is 10.2 Å². The van der Waals surface area contributed by atoms with Crippen molar-refractivity contribution in [2.24, 2.45) is 0 Å². The van der Waals surface area contributed by atoms with Crippen molar-refractivity contribution in [3.05, 3.63) is 0 Å². The summed E-state index contributed by atoms with van der Waals surface area (Å²) in [7, 11) is 0. The Morgan fingerprint density at radius 1 is 1.67 bits per heavy atom. The first kappa shape index (κ1) is 4.43. The monoisotopic (exact) mass is 106 g/mol. The van der Waals surface area contributed by atoms with Gasteiger partial charge in [-0.1, -0.05) is 11.8 Å². The summed E-state index contributed by atoms with van der Waals surface area (Å²) in [6.45, 7) is 1.77. The summed E-state index contributed by atoms with van der Waals surface area (Å²) in [5.41, 5.74) is 0. The molecule has 0 aromatic heterocycles. The largest absolute Gasteiger partial charge is 0.356 e. The van der Waals surface area contributed by atoms with Crippen LogP contribution in [-0.4, -0.2) is 20.6 Å². The van der Waals surface area contributed by atoms with Gasteiger partial charge in [-0.15, -0.1) is 0 Å². The van der Waals surface area contributed by atoms with Gasteiger partial charge in [-0.25, -0.2) is 0 Å². The van der Waals surface area contributed by atoms with Gasteiger partial charge in [-0.2, -0.15) is 0 Å². The summed E-state index contributed by atoms with van der Waals surface area (Å²) in [4.78, 5) is 0. The van der Waals surface area contributed by atoms with Crippen LogP contribution < -0.4 is 0 Å². The lowest BCUT2D eigenvalue weighted by Gasteiger charge is -1.88. The van der Waals surface area contributed by atoms with Crippen molar-refractivity contribution in [2.45, 2.75) is 17.3 Å². The van der Waals surface area contributed by atoms with Crippen LogP contribution in [0.4, 0.5) is 0 Å². The molecule has 1 fully saturated rings. The Balaban J connectivity index is 2.41. The highest BCUT2D eigenvalue weighted by Gasteiger charge is 2.49. The lowest BCUT2D eigenvalue weighted by atomic mass is 10.5. The van der Waals surface area contributed by atoms with Gasteiger partial charge in [0.2, 0.25) is 5.12 Å². The van der Waals surface area contributed by atoms with E-state index in [0.29, 0.717) is 0 Å². The maximum atomic E-state index is 8.42. The summed E-state index contributed by atoms with van der Waals surface area (Å²) >= 11 is 1.16. The Hall–Kier alpha value is 0.270. The second kappa shape index (κ2) is 0.911. The van der Waals surface area contributed by atoms with Gasteiger partial charge >= 0.3 is 0 Å². The summed E-state index contributed by atoms with van der Waals surface area (Å²) in [5, 5.41) is 15.5. The molecule has 1 heterocycles. The van der Waals surface area contributed by atoms with E-state index in [4.69, 9.17) is 10.2 Å². The third-order valence-electron chi connectivity index (χ3n) is 0.823. The van der Waals surface area contributed by atoms with Gasteiger partial charge in [0.15, 0.2) is 0 Å². The van der Waals surface area contributed by atoms with Crippen LogP contribution in [0.15, 0.2) is 0 Å². The van der Waals surface area contributed by atoms with Gasteiger partial charge in [0.05, 0.1) is 5.25 Å². The first-order valence-electron chi connectivity index (χ1n) is 1.75. The van der Waals surface area contributed by atoms with E-state index in [-0.39, 0.29) is 5.25 Å². The van der Waals surface area contributed by atoms with Gasteiger partial charge in [0, 0.05) is 0 Å². The molecule has 1 saturated heterocycles. The highest BCUT2D eigenvalue weighted by Crippen LogP contribution is 2.48. The fourth-order valence-corrected chi connectivity index (χ4v) is 0.678. The molecular formula is C3H6O2S. The number of rotatable bonds is 0. The van der Waals surface area contributed by atoms with E-state index in [2.05, 4.69) is 0 Å². The zero-order chi connectivity index (χ0) is 4.78. The first-order chi connectivity index (χ1) is 2.63. The van der Waals surface area contributed by atoms with Crippen LogP contribution in [0.25, 0.3) is 0 Å². The Morgan fingerprint density at radius 2 is 1.83 bits per heavy atom. The molecule has 0 aromatic carbocycles. The number of hydrogen-bond acceptors (Lipinski definition) is 3. The van der Waals surface area contributed by atoms with E-state index in [1.807, 2.05) is 0 Å². The van der Waals surface area contributed by atoms with Crippen molar-refractivity contribution in [1.82, 2.24) is 0 Å². The molecule has 1 aliphatic rings. The molecule has 0 saturated carbocycles. The zero-order valence-electron chi connectivity index (χ0n) is 3.38. The molecule has 0 aromatic rings. The molecule has 2 nitrogen and oxygen atoms in total. The fraction of sp³-hybridized carbons (Fsp3) is 1.00. The Bertz CT molecular complexity index is 71.2. The average Bonchev–Trinajstić information content (AvgIpc) is 1.73. The van der Waals surface area contributed by atoms with Gasteiger partial charge in [-0.3, -0.25) is 0 Å². The molecule has 0 radical (unpaired) electrons. The van der Waals surface area contributed by atoms with Crippen LogP contribution >= 0.6 is 11.8 Å². The molecule has 0 amide bonds. The quantitative estimate of drug-likeness (QED) is 0.331. The summed E-state index contributed by atoms with van der Waals surface area (Å²) < 4.78 is 0. The van der Waals surface area contributed by atoms with Crippen LogP contribution in [0.5, 0.6) is 0 Å². The van der Waals surface area contributed by atoms with E-state index in [1.54, 1.807) is 6.92 Å². The lowest BCUT2D eigenvalue weighted by Crippen LogP contribution is -2.07. The van der Waals surface area contributed by atoms with E-state index in [0.717, 1.165) is 11.8 Å². The Kier molecular flexibility index (Phi) is 0.673. The molecule has 1 aliphatic heterocycles. The molecular weight excluding hydrogens is 100 g/mol. The fourth-order valence-electron chi connectivity index (χ4n) is 0.226. The van der Waals surface area contributed by atoms with Crippen molar-refractivity contribution < 1.29 is 10.2 Å². The lowest BCUT2D eigenvalue weighted by molar-refractivity contribution is -0.0418. The SMILES string of the molecule is CC1SC1(O)O. The van der Waals surface area contributed by atoms with Gasteiger partial charge in [0.1, 0.15) is 0 Å². The molecule has 0 aliphatic carbocycles. The molecule has 1 unspecified atom stereocenters. The zero-order valence-corrected chi connectivity index (χ0v) is 4.20. The predicted molar refractivity (Wildman–Crippen MR) is 24.2 cm³/mol. The van der Waals surface area contributed by atoms with E-state index < -0.39 is 5.12 Å². The minimum atomic E-state index is -1.38. The number of aliphatic hydroxyl groups is 2. The Labute approximate surface area is 40.2 Å². The van der Waals surface area contributed by atoms with Crippen molar-refractivity contribution in [1.29, 1.82) is 0 Å². The van der Waals surface area contributed by atoms with Crippen molar-refractivity contribution >= 4 is 11.8 Å². The highest BCUT2D eigenvalue weighted by atomic mass is 32.2. The van der Waals surface area contributed by atoms with Crippen molar-refractivity contribution in [3.63, 3.8) is 0 Å². The summed E-state index contributed by atoms with van der Waals surface area (Å²) in [6, 6.07) is 0. The third kappa shape index (κ3) is 0.531. The van der Waals surface area contributed by atoms with Gasteiger partial charge in [0.25, 0.3) is 0 Å². The number of thioether (sulfide) groups is 1. The molecule has 3 heteroatoms. The van der Waals surface area contributed by atoms with Crippen LogP contribution in [0.3, 0.4) is 0 Å². The average molecular weight is 106 g/mol. The van der Waals surface area contributed by atoms with Gasteiger partial charge in [-0.05, 0) is 6.92 Å². The molecule has 2 N–H and O–H groups in total. The topological polar surface area (TPSA) is 40.5 Å².